The van der Waals surface area contributed by atoms with Gasteiger partial charge in [0.05, 0.1) is 17.5 Å². The number of aromatic nitrogens is 2. The van der Waals surface area contributed by atoms with Crippen molar-refractivity contribution in [2.24, 2.45) is 0 Å². The third-order valence-corrected chi connectivity index (χ3v) is 5.01. The number of aromatic amines is 1. The Hall–Kier alpha value is -3.03. The van der Waals surface area contributed by atoms with Crippen LogP contribution in [0.15, 0.2) is 66.0 Å². The monoisotopic (exact) mass is 423 g/mol. The number of allylic oxidation sites excluding steroid dienone is 1. The third kappa shape index (κ3) is 5.52. The number of nitrogens with one attached hydrogen (secondary N) is 2. The zero-order valence-corrected chi connectivity index (χ0v) is 17.5. The molecular formula is C23H25N3O3S. The minimum atomic E-state index is -0.201. The molecule has 2 N–H and O–H groups in total. The van der Waals surface area contributed by atoms with Crippen LogP contribution in [0.4, 0.5) is 0 Å². The largest absolute Gasteiger partial charge is 0.381 e. The van der Waals surface area contributed by atoms with Crippen molar-refractivity contribution in [3.05, 3.63) is 87.4 Å². The van der Waals surface area contributed by atoms with Gasteiger partial charge < -0.3 is 15.0 Å². The normalized spacial score (nSPS) is 10.8. The molecule has 0 aliphatic heterocycles. The van der Waals surface area contributed by atoms with Gasteiger partial charge in [0, 0.05) is 25.3 Å². The van der Waals surface area contributed by atoms with E-state index in [4.69, 9.17) is 17.0 Å². The Morgan fingerprint density at radius 3 is 2.77 bits per heavy atom. The molecule has 0 unspecified atom stereocenters. The number of nitrogens with zero attached hydrogens (tertiary/aromatic N) is 1. The summed E-state index contributed by atoms with van der Waals surface area (Å²) in [4.78, 5) is 27.9. The Bertz CT molecular complexity index is 1140. The van der Waals surface area contributed by atoms with E-state index in [1.54, 1.807) is 24.3 Å². The molecule has 0 fully saturated rings. The van der Waals surface area contributed by atoms with Gasteiger partial charge in [-0.05, 0) is 48.8 Å². The summed E-state index contributed by atoms with van der Waals surface area (Å²) in [6.07, 6.45) is 3.22. The summed E-state index contributed by atoms with van der Waals surface area (Å²) < 4.78 is 7.36. The second-order valence-corrected chi connectivity index (χ2v) is 7.24. The molecule has 0 spiro atoms. The van der Waals surface area contributed by atoms with Crippen molar-refractivity contribution in [2.45, 2.75) is 19.4 Å². The van der Waals surface area contributed by atoms with Gasteiger partial charge in [-0.3, -0.25) is 14.2 Å². The van der Waals surface area contributed by atoms with E-state index in [1.165, 1.54) is 10.1 Å². The number of benzene rings is 2. The molecule has 0 aliphatic carbocycles. The molecule has 0 saturated carbocycles. The van der Waals surface area contributed by atoms with Crippen molar-refractivity contribution in [3.8, 4) is 0 Å². The van der Waals surface area contributed by atoms with Crippen molar-refractivity contribution < 1.29 is 9.53 Å². The Balaban J connectivity index is 1.49. The van der Waals surface area contributed by atoms with Crippen LogP contribution < -0.4 is 10.9 Å². The van der Waals surface area contributed by atoms with Gasteiger partial charge in [0.25, 0.3) is 11.5 Å². The molecule has 1 heterocycles. The number of H-pyrrole nitrogens is 1. The summed E-state index contributed by atoms with van der Waals surface area (Å²) in [6.45, 7) is 5.73. The minimum absolute atomic E-state index is 0.198. The summed E-state index contributed by atoms with van der Waals surface area (Å²) >= 11 is 5.24. The molecule has 6 nitrogen and oxygen atoms in total. The van der Waals surface area contributed by atoms with E-state index in [1.807, 2.05) is 18.2 Å². The van der Waals surface area contributed by atoms with E-state index < -0.39 is 0 Å². The topological polar surface area (TPSA) is 76.1 Å². The number of rotatable bonds is 10. The number of hydrogen-bond acceptors (Lipinski definition) is 4. The molecule has 1 amide bonds. The van der Waals surface area contributed by atoms with Gasteiger partial charge in [-0.15, -0.1) is 6.58 Å². The second-order valence-electron chi connectivity index (χ2n) is 6.85. The van der Waals surface area contributed by atoms with Crippen molar-refractivity contribution in [1.82, 2.24) is 14.9 Å². The summed E-state index contributed by atoms with van der Waals surface area (Å²) in [6, 6.07) is 15.1. The Kier molecular flexibility index (Phi) is 7.70. The van der Waals surface area contributed by atoms with Crippen LogP contribution in [0.25, 0.3) is 10.9 Å². The summed E-state index contributed by atoms with van der Waals surface area (Å²) in [5.74, 6) is -0.198. The van der Waals surface area contributed by atoms with Gasteiger partial charge in [-0.2, -0.15) is 0 Å². The van der Waals surface area contributed by atoms with Crippen molar-refractivity contribution >= 4 is 29.0 Å². The third-order valence-electron chi connectivity index (χ3n) is 4.68. The first-order valence-electron chi connectivity index (χ1n) is 9.88. The molecule has 7 heteroatoms. The maximum atomic E-state index is 12.5. The van der Waals surface area contributed by atoms with Crippen LogP contribution in [0.5, 0.6) is 0 Å². The lowest BCUT2D eigenvalue weighted by Crippen LogP contribution is -2.26. The highest BCUT2D eigenvalue weighted by Crippen LogP contribution is 2.11. The molecule has 0 atom stereocenters. The number of fused-ring (bicyclic) bond motifs is 1. The van der Waals surface area contributed by atoms with Crippen LogP contribution in [0.2, 0.25) is 0 Å². The van der Waals surface area contributed by atoms with E-state index in [9.17, 15) is 9.59 Å². The first-order chi connectivity index (χ1) is 14.6. The molecule has 2 aromatic carbocycles. The van der Waals surface area contributed by atoms with Gasteiger partial charge in [0.2, 0.25) is 0 Å². The molecule has 1 aromatic heterocycles. The zero-order chi connectivity index (χ0) is 21.3. The quantitative estimate of drug-likeness (QED) is 0.297. The van der Waals surface area contributed by atoms with Crippen molar-refractivity contribution in [1.29, 1.82) is 0 Å². The summed E-state index contributed by atoms with van der Waals surface area (Å²) in [7, 11) is 0. The van der Waals surface area contributed by atoms with Gasteiger partial charge in [0.15, 0.2) is 4.77 Å². The highest BCUT2D eigenvalue weighted by molar-refractivity contribution is 7.71. The second kappa shape index (κ2) is 10.7. The molecule has 0 radical (unpaired) electrons. The fraction of sp³-hybridized carbons (Fsp3) is 0.261. The molecule has 3 rings (SSSR count). The molecule has 3 aromatic rings. The smallest absolute Gasteiger partial charge is 0.262 e. The zero-order valence-electron chi connectivity index (χ0n) is 16.7. The van der Waals surface area contributed by atoms with Crippen LogP contribution in [0.1, 0.15) is 22.3 Å². The molecule has 0 aliphatic rings. The summed E-state index contributed by atoms with van der Waals surface area (Å²) in [5, 5.41) is 3.36. The minimum Gasteiger partial charge on any atom is -0.381 e. The average Bonchev–Trinajstić information content (AvgIpc) is 2.76. The highest BCUT2D eigenvalue weighted by atomic mass is 32.1. The van der Waals surface area contributed by atoms with Crippen molar-refractivity contribution in [3.63, 3.8) is 0 Å². The Labute approximate surface area is 180 Å². The first-order valence-corrected chi connectivity index (χ1v) is 10.3. The maximum Gasteiger partial charge on any atom is 0.262 e. The van der Waals surface area contributed by atoms with E-state index in [0.717, 1.165) is 12.8 Å². The van der Waals surface area contributed by atoms with E-state index in [2.05, 4.69) is 29.0 Å². The number of amides is 1. The predicted octanol–water partition coefficient (Wildman–Crippen LogP) is 3.62. The average molecular weight is 424 g/mol. The van der Waals surface area contributed by atoms with Gasteiger partial charge in [0.1, 0.15) is 0 Å². The fourth-order valence-corrected chi connectivity index (χ4v) is 3.37. The van der Waals surface area contributed by atoms with Gasteiger partial charge in [-0.25, -0.2) is 0 Å². The van der Waals surface area contributed by atoms with Gasteiger partial charge in [-0.1, -0.05) is 36.4 Å². The Morgan fingerprint density at radius 2 is 2.00 bits per heavy atom. The van der Waals surface area contributed by atoms with Crippen LogP contribution in [0.3, 0.4) is 0 Å². The molecule has 0 saturated heterocycles. The SMILES string of the molecule is C=CCn1c(=S)[nH]c2cc(C(=O)NCCCOCCc3ccccc3)ccc2c1=O. The van der Waals surface area contributed by atoms with Gasteiger partial charge >= 0.3 is 0 Å². The number of ether oxygens (including phenoxy) is 1. The first kappa shape index (κ1) is 21.7. The lowest BCUT2D eigenvalue weighted by atomic mass is 10.1. The van der Waals surface area contributed by atoms with E-state index in [-0.39, 0.29) is 11.5 Å². The molecule has 0 bridgehead atoms. The van der Waals surface area contributed by atoms with E-state index in [0.29, 0.717) is 47.5 Å². The van der Waals surface area contributed by atoms with Crippen LogP contribution in [0, 0.1) is 4.77 Å². The molecular weight excluding hydrogens is 398 g/mol. The van der Waals surface area contributed by atoms with Crippen LogP contribution >= 0.6 is 12.2 Å². The fourth-order valence-electron chi connectivity index (χ4n) is 3.11. The lowest BCUT2D eigenvalue weighted by molar-refractivity contribution is 0.0942. The summed E-state index contributed by atoms with van der Waals surface area (Å²) in [5.41, 5.74) is 2.06. The van der Waals surface area contributed by atoms with Crippen LogP contribution in [-0.4, -0.2) is 35.2 Å². The van der Waals surface area contributed by atoms with Crippen molar-refractivity contribution in [2.75, 3.05) is 19.8 Å². The van der Waals surface area contributed by atoms with E-state index >= 15 is 0 Å². The maximum absolute atomic E-state index is 12.5. The van der Waals surface area contributed by atoms with Crippen LogP contribution in [-0.2, 0) is 17.7 Å². The number of carbonyl (C=O) groups is 1. The standard InChI is InChI=1S/C23H25N3O3S/c1-2-13-26-22(28)19-10-9-18(16-20(19)25-23(26)30)21(27)24-12-6-14-29-15-11-17-7-4-3-5-8-17/h2-5,7-10,16H,1,6,11-15H2,(H,24,27)(H,25,30). The lowest BCUT2D eigenvalue weighted by Gasteiger charge is -2.09. The number of hydrogen-bond donors (Lipinski definition) is 2. The molecule has 156 valence electrons. The predicted molar refractivity (Wildman–Crippen MR) is 122 cm³/mol. The molecule has 30 heavy (non-hydrogen) atoms. The highest BCUT2D eigenvalue weighted by Gasteiger charge is 2.09. The number of carbonyl (C=O) groups excluding carboxylic acids is 1. The Morgan fingerprint density at radius 1 is 1.20 bits per heavy atom.